The number of aromatic hydroxyl groups is 1. The number of para-hydroxylation sites is 1. The Kier molecular flexibility index (Phi) is 4.12. The van der Waals surface area contributed by atoms with E-state index in [1.54, 1.807) is 7.05 Å². The minimum absolute atomic E-state index is 0.111. The molecule has 0 saturated heterocycles. The molecular weight excluding hydrogens is 312 g/mol. The van der Waals surface area contributed by atoms with Crippen LogP contribution in [0.15, 0.2) is 40.2 Å². The Balaban J connectivity index is 1.77. The number of rotatable bonds is 4. The van der Waals surface area contributed by atoms with Gasteiger partial charge in [0, 0.05) is 36.9 Å². The fourth-order valence-corrected chi connectivity index (χ4v) is 2.60. The van der Waals surface area contributed by atoms with Gasteiger partial charge in [-0.25, -0.2) is 0 Å². The lowest BCUT2D eigenvalue weighted by atomic mass is 10.1. The van der Waals surface area contributed by atoms with Gasteiger partial charge in [-0.05, 0) is 30.3 Å². The molecule has 118 valence electrons. The van der Waals surface area contributed by atoms with E-state index >= 15 is 0 Å². The molecule has 0 aliphatic rings. The molecule has 3 N–H and O–H groups in total. The molecule has 0 atom stereocenters. The summed E-state index contributed by atoms with van der Waals surface area (Å²) in [5, 5.41) is 11.1. The molecule has 0 saturated carbocycles. The fourth-order valence-electron chi connectivity index (χ4n) is 2.42. The van der Waals surface area contributed by atoms with Gasteiger partial charge < -0.3 is 10.1 Å². The second-order valence-electron chi connectivity index (χ2n) is 5.20. The van der Waals surface area contributed by atoms with Gasteiger partial charge in [0.2, 0.25) is 5.88 Å². The van der Waals surface area contributed by atoms with Gasteiger partial charge >= 0.3 is 0 Å². The topological polar surface area (TPSA) is 86.2 Å². The van der Waals surface area contributed by atoms with Crippen molar-refractivity contribution in [2.75, 3.05) is 6.54 Å². The number of benzene rings is 1. The highest BCUT2D eigenvalue weighted by molar-refractivity contribution is 7.71. The summed E-state index contributed by atoms with van der Waals surface area (Å²) in [7, 11) is 1.58. The fraction of sp³-hybridized carbons (Fsp3) is 0.188. The van der Waals surface area contributed by atoms with E-state index in [0.717, 1.165) is 11.9 Å². The van der Waals surface area contributed by atoms with E-state index in [-0.39, 0.29) is 16.2 Å². The molecule has 0 amide bonds. The molecule has 0 unspecified atom stereocenters. The van der Waals surface area contributed by atoms with E-state index in [1.807, 2.05) is 24.4 Å². The molecule has 7 heteroatoms. The lowest BCUT2D eigenvalue weighted by Crippen LogP contribution is -2.17. The predicted octanol–water partition coefficient (Wildman–Crippen LogP) is 2.29. The van der Waals surface area contributed by atoms with Crippen LogP contribution in [0.4, 0.5) is 0 Å². The van der Waals surface area contributed by atoms with Gasteiger partial charge in [-0.1, -0.05) is 18.2 Å². The van der Waals surface area contributed by atoms with Crippen molar-refractivity contribution in [3.05, 3.63) is 56.7 Å². The van der Waals surface area contributed by atoms with Crippen LogP contribution in [0.25, 0.3) is 10.9 Å². The summed E-state index contributed by atoms with van der Waals surface area (Å²) in [4.78, 5) is 21.8. The smallest absolute Gasteiger partial charge is 0.264 e. The van der Waals surface area contributed by atoms with E-state index < -0.39 is 5.56 Å². The summed E-state index contributed by atoms with van der Waals surface area (Å²) >= 11 is 4.92. The van der Waals surface area contributed by atoms with Crippen molar-refractivity contribution in [3.63, 3.8) is 0 Å². The number of aromatic amines is 2. The Morgan fingerprint density at radius 1 is 1.39 bits per heavy atom. The van der Waals surface area contributed by atoms with Crippen LogP contribution in [-0.4, -0.2) is 32.4 Å². The van der Waals surface area contributed by atoms with Crippen molar-refractivity contribution in [2.45, 2.75) is 6.42 Å². The standard InChI is InChI=1S/C16H16N4O2S/c1-20-15(22)12(14(21)19-16(20)23)9-17-7-6-10-8-18-13-5-3-2-4-11(10)13/h2-5,8-9,18,22H,6-7H2,1H3,(H,19,21,23). The Morgan fingerprint density at radius 3 is 3.00 bits per heavy atom. The summed E-state index contributed by atoms with van der Waals surface area (Å²) < 4.78 is 1.50. The highest BCUT2D eigenvalue weighted by Crippen LogP contribution is 2.18. The first kappa shape index (κ1) is 15.2. The Labute approximate surface area is 137 Å². The highest BCUT2D eigenvalue weighted by Gasteiger charge is 2.08. The zero-order valence-electron chi connectivity index (χ0n) is 12.5. The van der Waals surface area contributed by atoms with Crippen molar-refractivity contribution >= 4 is 29.3 Å². The van der Waals surface area contributed by atoms with Gasteiger partial charge in [0.05, 0.1) is 0 Å². The zero-order valence-corrected chi connectivity index (χ0v) is 13.4. The highest BCUT2D eigenvalue weighted by atomic mass is 32.1. The van der Waals surface area contributed by atoms with Gasteiger partial charge in [0.1, 0.15) is 5.56 Å². The zero-order chi connectivity index (χ0) is 16.4. The number of hydrogen-bond acceptors (Lipinski definition) is 4. The van der Waals surface area contributed by atoms with Crippen molar-refractivity contribution in [1.29, 1.82) is 0 Å². The number of H-pyrrole nitrogens is 2. The molecule has 0 radical (unpaired) electrons. The number of nitrogens with one attached hydrogen (secondary N) is 2. The van der Waals surface area contributed by atoms with Crippen molar-refractivity contribution in [1.82, 2.24) is 14.5 Å². The predicted molar refractivity (Wildman–Crippen MR) is 93.0 cm³/mol. The number of hydrogen-bond donors (Lipinski definition) is 3. The maximum Gasteiger partial charge on any atom is 0.264 e. The second-order valence-corrected chi connectivity index (χ2v) is 5.59. The van der Waals surface area contributed by atoms with Crippen LogP contribution in [0.1, 0.15) is 11.1 Å². The van der Waals surface area contributed by atoms with Crippen LogP contribution in [0, 0.1) is 4.77 Å². The van der Waals surface area contributed by atoms with Crippen LogP contribution in [-0.2, 0) is 13.5 Å². The molecule has 3 aromatic rings. The number of aliphatic imine (C=N–C) groups is 1. The van der Waals surface area contributed by atoms with E-state index in [4.69, 9.17) is 12.2 Å². The minimum atomic E-state index is -0.443. The van der Waals surface area contributed by atoms with Gasteiger partial charge in [-0.3, -0.25) is 19.3 Å². The Morgan fingerprint density at radius 2 is 2.17 bits per heavy atom. The van der Waals surface area contributed by atoms with E-state index in [1.165, 1.54) is 21.7 Å². The largest absolute Gasteiger partial charge is 0.494 e. The van der Waals surface area contributed by atoms with Gasteiger partial charge in [-0.15, -0.1) is 0 Å². The molecule has 2 heterocycles. The van der Waals surface area contributed by atoms with Crippen molar-refractivity contribution in [3.8, 4) is 5.88 Å². The van der Waals surface area contributed by atoms with Crippen LogP contribution < -0.4 is 5.56 Å². The van der Waals surface area contributed by atoms with Crippen LogP contribution >= 0.6 is 12.2 Å². The van der Waals surface area contributed by atoms with Crippen molar-refractivity contribution in [2.24, 2.45) is 12.0 Å². The molecule has 6 nitrogen and oxygen atoms in total. The molecule has 2 aromatic heterocycles. The first-order chi connectivity index (χ1) is 11.1. The van der Waals surface area contributed by atoms with Crippen LogP contribution in [0.3, 0.4) is 0 Å². The third-order valence-electron chi connectivity index (χ3n) is 3.73. The lowest BCUT2D eigenvalue weighted by molar-refractivity contribution is 0.420. The average Bonchev–Trinajstić information content (AvgIpc) is 2.95. The first-order valence-corrected chi connectivity index (χ1v) is 7.56. The Bertz CT molecular complexity index is 997. The maximum absolute atomic E-state index is 11.8. The molecule has 1 aromatic carbocycles. The monoisotopic (exact) mass is 328 g/mol. The molecular formula is C16H16N4O2S. The minimum Gasteiger partial charge on any atom is -0.494 e. The normalized spacial score (nSPS) is 11.5. The summed E-state index contributed by atoms with van der Waals surface area (Å²) in [6.45, 7) is 0.514. The lowest BCUT2D eigenvalue weighted by Gasteiger charge is -2.04. The van der Waals surface area contributed by atoms with Crippen LogP contribution in [0.2, 0.25) is 0 Å². The van der Waals surface area contributed by atoms with Gasteiger partial charge in [-0.2, -0.15) is 0 Å². The summed E-state index contributed by atoms with van der Waals surface area (Å²) in [5.41, 5.74) is 1.93. The molecule has 3 rings (SSSR count). The number of nitrogens with zero attached hydrogens (tertiary/aromatic N) is 2. The van der Waals surface area contributed by atoms with Crippen LogP contribution in [0.5, 0.6) is 5.88 Å². The third-order valence-corrected chi connectivity index (χ3v) is 4.11. The quantitative estimate of drug-likeness (QED) is 0.507. The van der Waals surface area contributed by atoms with Gasteiger partial charge in [0.25, 0.3) is 5.56 Å². The summed E-state index contributed by atoms with van der Waals surface area (Å²) in [5.74, 6) is -0.186. The maximum atomic E-state index is 11.8. The van der Waals surface area contributed by atoms with Gasteiger partial charge in [0.15, 0.2) is 4.77 Å². The molecule has 0 aliphatic carbocycles. The average molecular weight is 328 g/mol. The Hall–Kier alpha value is -2.67. The summed E-state index contributed by atoms with van der Waals surface area (Å²) in [6.07, 6.45) is 4.10. The molecule has 0 fully saturated rings. The number of aromatic nitrogens is 3. The molecule has 23 heavy (non-hydrogen) atoms. The number of fused-ring (bicyclic) bond motifs is 1. The van der Waals surface area contributed by atoms with E-state index in [0.29, 0.717) is 6.54 Å². The van der Waals surface area contributed by atoms with E-state index in [2.05, 4.69) is 21.0 Å². The third kappa shape index (κ3) is 2.95. The van der Waals surface area contributed by atoms with E-state index in [9.17, 15) is 9.90 Å². The molecule has 0 aliphatic heterocycles. The molecule has 0 bridgehead atoms. The first-order valence-electron chi connectivity index (χ1n) is 7.15. The summed E-state index contributed by atoms with van der Waals surface area (Å²) in [6, 6.07) is 8.06. The molecule has 0 spiro atoms. The van der Waals surface area contributed by atoms with Crippen molar-refractivity contribution < 1.29 is 5.11 Å². The second kappa shape index (κ2) is 6.21. The SMILES string of the molecule is Cn1c(O)c(C=NCCc2c[nH]c3ccccc23)c(=O)[nH]c1=S.